The van der Waals surface area contributed by atoms with Crippen LogP contribution in [-0.2, 0) is 0 Å². The van der Waals surface area contributed by atoms with Gasteiger partial charge in [-0.1, -0.05) is 6.42 Å². The predicted molar refractivity (Wildman–Crippen MR) is 68.2 cm³/mol. The molecule has 5 heteroatoms. The molecule has 1 aromatic heterocycles. The minimum Gasteiger partial charge on any atom is -0.479 e. The van der Waals surface area contributed by atoms with Crippen LogP contribution >= 0.6 is 0 Å². The van der Waals surface area contributed by atoms with Crippen molar-refractivity contribution < 1.29 is 4.74 Å². The average Bonchev–Trinajstić information content (AvgIpc) is 2.29. The van der Waals surface area contributed by atoms with Gasteiger partial charge in [-0.25, -0.2) is 4.98 Å². The van der Waals surface area contributed by atoms with Crippen LogP contribution in [0.15, 0.2) is 6.33 Å². The molecule has 1 saturated carbocycles. The third-order valence-electron chi connectivity index (χ3n) is 3.40. The lowest BCUT2D eigenvalue weighted by Crippen LogP contribution is -2.33. The third kappa shape index (κ3) is 2.43. The lowest BCUT2D eigenvalue weighted by Gasteiger charge is -2.32. The standard InChI is InChI=1S/C12H20N4O/c1-3-16(7-9-5-4-6-9)11-10(13)12(17-2)15-8-14-11/h8-9H,3-7,13H2,1-2H3. The summed E-state index contributed by atoms with van der Waals surface area (Å²) in [5.74, 6) is 2.05. The molecule has 5 nitrogen and oxygen atoms in total. The van der Waals surface area contributed by atoms with Crippen molar-refractivity contribution in [3.05, 3.63) is 6.33 Å². The van der Waals surface area contributed by atoms with E-state index in [-0.39, 0.29) is 0 Å². The first-order valence-corrected chi connectivity index (χ1v) is 6.15. The maximum atomic E-state index is 6.01. The summed E-state index contributed by atoms with van der Waals surface area (Å²) >= 11 is 0. The highest BCUT2D eigenvalue weighted by Crippen LogP contribution is 2.32. The summed E-state index contributed by atoms with van der Waals surface area (Å²) in [4.78, 5) is 10.5. The number of methoxy groups -OCH3 is 1. The lowest BCUT2D eigenvalue weighted by molar-refractivity contribution is 0.318. The number of hydrogen-bond acceptors (Lipinski definition) is 5. The zero-order valence-electron chi connectivity index (χ0n) is 10.5. The number of aromatic nitrogens is 2. The van der Waals surface area contributed by atoms with E-state index in [1.54, 1.807) is 7.11 Å². The summed E-state index contributed by atoms with van der Waals surface area (Å²) in [7, 11) is 1.57. The summed E-state index contributed by atoms with van der Waals surface area (Å²) in [6, 6.07) is 0. The van der Waals surface area contributed by atoms with Gasteiger partial charge in [0.05, 0.1) is 7.11 Å². The second-order valence-corrected chi connectivity index (χ2v) is 4.46. The van der Waals surface area contributed by atoms with Gasteiger partial charge in [-0.15, -0.1) is 0 Å². The van der Waals surface area contributed by atoms with Crippen LogP contribution in [0.2, 0.25) is 0 Å². The normalized spacial score (nSPS) is 15.4. The summed E-state index contributed by atoms with van der Waals surface area (Å²) in [5, 5.41) is 0. The maximum absolute atomic E-state index is 6.01. The van der Waals surface area contributed by atoms with Crippen LogP contribution in [-0.4, -0.2) is 30.2 Å². The van der Waals surface area contributed by atoms with Gasteiger partial charge in [0.2, 0.25) is 5.88 Å². The highest BCUT2D eigenvalue weighted by Gasteiger charge is 2.22. The molecular weight excluding hydrogens is 216 g/mol. The van der Waals surface area contributed by atoms with Crippen LogP contribution in [0.1, 0.15) is 26.2 Å². The van der Waals surface area contributed by atoms with Gasteiger partial charge in [-0.05, 0) is 25.7 Å². The first-order valence-electron chi connectivity index (χ1n) is 6.15. The Balaban J connectivity index is 2.17. The number of nitrogens with zero attached hydrogens (tertiary/aromatic N) is 3. The Morgan fingerprint density at radius 3 is 2.76 bits per heavy atom. The average molecular weight is 236 g/mol. The highest BCUT2D eigenvalue weighted by molar-refractivity contribution is 5.67. The Morgan fingerprint density at radius 1 is 1.47 bits per heavy atom. The van der Waals surface area contributed by atoms with E-state index in [1.165, 1.54) is 25.6 Å². The minimum atomic E-state index is 0.460. The first kappa shape index (κ1) is 12.0. The quantitative estimate of drug-likeness (QED) is 0.843. The van der Waals surface area contributed by atoms with Crippen LogP contribution in [0.5, 0.6) is 5.88 Å². The number of ether oxygens (including phenoxy) is 1. The van der Waals surface area contributed by atoms with Crippen molar-refractivity contribution in [2.45, 2.75) is 26.2 Å². The Morgan fingerprint density at radius 2 is 2.24 bits per heavy atom. The predicted octanol–water partition coefficient (Wildman–Crippen LogP) is 1.69. The summed E-state index contributed by atoms with van der Waals surface area (Å²) < 4.78 is 5.12. The van der Waals surface area contributed by atoms with Crippen molar-refractivity contribution in [2.24, 2.45) is 5.92 Å². The molecule has 1 aromatic rings. The fourth-order valence-electron chi connectivity index (χ4n) is 2.14. The molecule has 0 spiro atoms. The van der Waals surface area contributed by atoms with Crippen LogP contribution in [0.25, 0.3) is 0 Å². The van der Waals surface area contributed by atoms with Gasteiger partial charge in [-0.3, -0.25) is 0 Å². The minimum absolute atomic E-state index is 0.460. The largest absolute Gasteiger partial charge is 0.479 e. The number of hydrogen-bond donors (Lipinski definition) is 1. The van der Waals surface area contributed by atoms with Gasteiger partial charge in [0.25, 0.3) is 0 Å². The van der Waals surface area contributed by atoms with Crippen LogP contribution in [0.4, 0.5) is 11.5 Å². The third-order valence-corrected chi connectivity index (χ3v) is 3.40. The van der Waals surface area contributed by atoms with Crippen LogP contribution in [0.3, 0.4) is 0 Å². The van der Waals surface area contributed by atoms with Crippen molar-refractivity contribution in [1.82, 2.24) is 9.97 Å². The Kier molecular flexibility index (Phi) is 3.66. The molecule has 0 atom stereocenters. The van der Waals surface area contributed by atoms with E-state index in [0.717, 1.165) is 24.8 Å². The second kappa shape index (κ2) is 5.21. The van der Waals surface area contributed by atoms with Crippen molar-refractivity contribution >= 4 is 11.5 Å². The Hall–Kier alpha value is -1.52. The Bertz CT molecular complexity index is 379. The molecular formula is C12H20N4O. The van der Waals surface area contributed by atoms with Gasteiger partial charge in [0.15, 0.2) is 5.82 Å². The maximum Gasteiger partial charge on any atom is 0.242 e. The van der Waals surface area contributed by atoms with Crippen molar-refractivity contribution in [2.75, 3.05) is 30.8 Å². The molecule has 1 aliphatic carbocycles. The molecule has 94 valence electrons. The van der Waals surface area contributed by atoms with Gasteiger partial charge in [-0.2, -0.15) is 4.98 Å². The van der Waals surface area contributed by atoms with E-state index in [1.807, 2.05) is 0 Å². The number of nitrogens with two attached hydrogens (primary N) is 1. The fourth-order valence-corrected chi connectivity index (χ4v) is 2.14. The van der Waals surface area contributed by atoms with Crippen molar-refractivity contribution in [3.8, 4) is 5.88 Å². The second-order valence-electron chi connectivity index (χ2n) is 4.46. The molecule has 17 heavy (non-hydrogen) atoms. The van der Waals surface area contributed by atoms with Crippen LogP contribution < -0.4 is 15.4 Å². The molecule has 2 rings (SSSR count). The topological polar surface area (TPSA) is 64.3 Å². The SMILES string of the molecule is CCN(CC1CCC1)c1ncnc(OC)c1N. The molecule has 0 radical (unpaired) electrons. The molecule has 0 bridgehead atoms. The van der Waals surface area contributed by atoms with E-state index in [0.29, 0.717) is 11.6 Å². The molecule has 0 saturated heterocycles. The number of nitrogen functional groups attached to an aromatic ring is 1. The zero-order valence-corrected chi connectivity index (χ0v) is 10.5. The first-order chi connectivity index (χ1) is 8.26. The van der Waals surface area contributed by atoms with E-state index in [4.69, 9.17) is 10.5 Å². The van der Waals surface area contributed by atoms with Gasteiger partial charge in [0, 0.05) is 13.1 Å². The number of rotatable bonds is 5. The van der Waals surface area contributed by atoms with Gasteiger partial charge in [0.1, 0.15) is 12.0 Å². The smallest absolute Gasteiger partial charge is 0.242 e. The van der Waals surface area contributed by atoms with E-state index >= 15 is 0 Å². The molecule has 0 aliphatic heterocycles. The van der Waals surface area contributed by atoms with Crippen LogP contribution in [0, 0.1) is 5.92 Å². The van der Waals surface area contributed by atoms with E-state index in [9.17, 15) is 0 Å². The summed E-state index contributed by atoms with van der Waals surface area (Å²) in [5.41, 5.74) is 6.55. The lowest BCUT2D eigenvalue weighted by atomic mass is 9.85. The summed E-state index contributed by atoms with van der Waals surface area (Å²) in [6.45, 7) is 4.05. The van der Waals surface area contributed by atoms with E-state index in [2.05, 4.69) is 21.8 Å². The van der Waals surface area contributed by atoms with E-state index < -0.39 is 0 Å². The summed E-state index contributed by atoms with van der Waals surface area (Å²) in [6.07, 6.45) is 5.50. The zero-order chi connectivity index (χ0) is 12.3. The van der Waals surface area contributed by atoms with Crippen molar-refractivity contribution in [1.29, 1.82) is 0 Å². The molecule has 1 heterocycles. The molecule has 0 aromatic carbocycles. The van der Waals surface area contributed by atoms with Gasteiger partial charge < -0.3 is 15.4 Å². The molecule has 0 amide bonds. The Labute approximate surface area is 102 Å². The number of anilines is 2. The molecule has 1 aliphatic rings. The monoisotopic (exact) mass is 236 g/mol. The molecule has 1 fully saturated rings. The molecule has 2 N–H and O–H groups in total. The van der Waals surface area contributed by atoms with Gasteiger partial charge >= 0.3 is 0 Å². The fraction of sp³-hybridized carbons (Fsp3) is 0.667. The molecule has 0 unspecified atom stereocenters. The highest BCUT2D eigenvalue weighted by atomic mass is 16.5. The van der Waals surface area contributed by atoms with Crippen molar-refractivity contribution in [3.63, 3.8) is 0 Å².